The summed E-state index contributed by atoms with van der Waals surface area (Å²) in [5.74, 6) is -0.269. The number of rotatable bonds is 4. The summed E-state index contributed by atoms with van der Waals surface area (Å²) in [6, 6.07) is 3.49. The van der Waals surface area contributed by atoms with Crippen molar-refractivity contribution in [2.75, 3.05) is 13.1 Å². The van der Waals surface area contributed by atoms with Crippen molar-refractivity contribution in [1.29, 1.82) is 0 Å². The number of carbonyl (C=O) groups excluding carboxylic acids is 2. The van der Waals surface area contributed by atoms with E-state index in [0.717, 1.165) is 5.52 Å². The zero-order valence-corrected chi connectivity index (χ0v) is 10.0. The first-order chi connectivity index (χ1) is 8.66. The first-order valence-corrected chi connectivity index (χ1v) is 5.61. The maximum atomic E-state index is 11.8. The number of fused-ring (bicyclic) bond motifs is 1. The average molecular weight is 246 g/mol. The van der Waals surface area contributed by atoms with Crippen LogP contribution in [0.25, 0.3) is 5.52 Å². The standard InChI is InChI=1S/C12H14N4O2/c1-9(17)14-3-4-15-12(18)10-2-5-16-8-13-7-11(16)6-10/h2,5-8H,3-4H2,1H3,(H,14,17)(H,15,18). The average Bonchev–Trinajstić information content (AvgIpc) is 2.81. The molecule has 6 heteroatoms. The SMILES string of the molecule is CC(=O)NCCNC(=O)c1ccn2cncc2c1. The molecule has 0 aliphatic heterocycles. The van der Waals surface area contributed by atoms with E-state index in [1.54, 1.807) is 30.9 Å². The molecule has 0 unspecified atom stereocenters. The van der Waals surface area contributed by atoms with Crippen LogP contribution in [0.3, 0.4) is 0 Å². The first kappa shape index (κ1) is 12.1. The van der Waals surface area contributed by atoms with Gasteiger partial charge in [0.05, 0.1) is 18.0 Å². The summed E-state index contributed by atoms with van der Waals surface area (Å²) in [6.45, 7) is 2.27. The second-order valence-electron chi connectivity index (χ2n) is 3.88. The number of imidazole rings is 1. The smallest absolute Gasteiger partial charge is 0.251 e. The van der Waals surface area contributed by atoms with E-state index < -0.39 is 0 Å². The van der Waals surface area contributed by atoms with Crippen molar-refractivity contribution in [3.63, 3.8) is 0 Å². The summed E-state index contributed by atoms with van der Waals surface area (Å²) in [6.07, 6.45) is 5.15. The van der Waals surface area contributed by atoms with E-state index in [1.165, 1.54) is 6.92 Å². The number of nitrogens with one attached hydrogen (secondary N) is 2. The molecule has 2 amide bonds. The predicted octanol–water partition coefficient (Wildman–Crippen LogP) is 0.200. The largest absolute Gasteiger partial charge is 0.355 e. The van der Waals surface area contributed by atoms with Crippen molar-refractivity contribution < 1.29 is 9.59 Å². The van der Waals surface area contributed by atoms with Gasteiger partial charge in [0.25, 0.3) is 5.91 Å². The lowest BCUT2D eigenvalue weighted by atomic mass is 10.2. The van der Waals surface area contributed by atoms with Gasteiger partial charge in [0.2, 0.25) is 5.91 Å². The third kappa shape index (κ3) is 2.85. The van der Waals surface area contributed by atoms with Crippen LogP contribution in [0.2, 0.25) is 0 Å². The molecule has 2 N–H and O–H groups in total. The number of amides is 2. The Balaban J connectivity index is 1.93. The van der Waals surface area contributed by atoms with Gasteiger partial charge in [-0.3, -0.25) is 9.59 Å². The van der Waals surface area contributed by atoms with Crippen LogP contribution < -0.4 is 10.6 Å². The van der Waals surface area contributed by atoms with Gasteiger partial charge in [-0.15, -0.1) is 0 Å². The Morgan fingerprint density at radius 3 is 2.89 bits per heavy atom. The molecule has 0 bridgehead atoms. The fraction of sp³-hybridized carbons (Fsp3) is 0.250. The molecule has 2 rings (SSSR count). The number of hydrogen-bond donors (Lipinski definition) is 2. The lowest BCUT2D eigenvalue weighted by Gasteiger charge is -2.06. The second-order valence-corrected chi connectivity index (χ2v) is 3.88. The molecule has 0 fully saturated rings. The van der Waals surface area contributed by atoms with Gasteiger partial charge in [0.15, 0.2) is 0 Å². The molecule has 18 heavy (non-hydrogen) atoms. The van der Waals surface area contributed by atoms with E-state index in [-0.39, 0.29) is 11.8 Å². The highest BCUT2D eigenvalue weighted by molar-refractivity contribution is 5.95. The minimum atomic E-state index is -0.163. The second kappa shape index (κ2) is 5.31. The molecule has 0 saturated carbocycles. The quantitative estimate of drug-likeness (QED) is 0.757. The molecule has 0 aliphatic rings. The molecule has 0 aromatic carbocycles. The van der Waals surface area contributed by atoms with Crippen molar-refractivity contribution in [3.8, 4) is 0 Å². The fourth-order valence-corrected chi connectivity index (χ4v) is 1.58. The zero-order valence-electron chi connectivity index (χ0n) is 10.0. The fourth-order valence-electron chi connectivity index (χ4n) is 1.58. The normalized spacial score (nSPS) is 10.3. The van der Waals surface area contributed by atoms with E-state index in [2.05, 4.69) is 15.6 Å². The summed E-state index contributed by atoms with van der Waals surface area (Å²) >= 11 is 0. The number of carbonyl (C=O) groups is 2. The molecular formula is C12H14N4O2. The molecule has 0 atom stereocenters. The van der Waals surface area contributed by atoms with E-state index in [4.69, 9.17) is 0 Å². The molecule has 0 aliphatic carbocycles. The van der Waals surface area contributed by atoms with Gasteiger partial charge in [0.1, 0.15) is 0 Å². The van der Waals surface area contributed by atoms with Crippen LogP contribution in [0.15, 0.2) is 30.9 Å². The summed E-state index contributed by atoms with van der Waals surface area (Å²) in [5, 5.41) is 5.34. The maximum Gasteiger partial charge on any atom is 0.251 e. The highest BCUT2D eigenvalue weighted by atomic mass is 16.2. The van der Waals surface area contributed by atoms with Crippen molar-refractivity contribution in [2.45, 2.75) is 6.92 Å². The van der Waals surface area contributed by atoms with Crippen LogP contribution in [0.4, 0.5) is 0 Å². The highest BCUT2D eigenvalue weighted by Crippen LogP contribution is 2.06. The molecule has 0 spiro atoms. The van der Waals surface area contributed by atoms with Gasteiger partial charge < -0.3 is 15.0 Å². The topological polar surface area (TPSA) is 75.5 Å². The van der Waals surface area contributed by atoms with Gasteiger partial charge in [-0.25, -0.2) is 4.98 Å². The minimum absolute atomic E-state index is 0.107. The predicted molar refractivity (Wildman–Crippen MR) is 66.2 cm³/mol. The van der Waals surface area contributed by atoms with Gasteiger partial charge in [-0.2, -0.15) is 0 Å². The zero-order chi connectivity index (χ0) is 13.0. The third-order valence-electron chi connectivity index (χ3n) is 2.46. The first-order valence-electron chi connectivity index (χ1n) is 5.61. The number of nitrogens with zero attached hydrogens (tertiary/aromatic N) is 2. The monoisotopic (exact) mass is 246 g/mol. The Hall–Kier alpha value is -2.37. The summed E-state index contributed by atoms with van der Waals surface area (Å²) in [7, 11) is 0. The Morgan fingerprint density at radius 2 is 2.11 bits per heavy atom. The third-order valence-corrected chi connectivity index (χ3v) is 2.46. The van der Waals surface area contributed by atoms with Gasteiger partial charge in [0, 0.05) is 31.8 Å². The van der Waals surface area contributed by atoms with E-state index in [9.17, 15) is 9.59 Å². The molecular weight excluding hydrogens is 232 g/mol. The van der Waals surface area contributed by atoms with Crippen LogP contribution in [-0.4, -0.2) is 34.3 Å². The van der Waals surface area contributed by atoms with Gasteiger partial charge >= 0.3 is 0 Å². The van der Waals surface area contributed by atoms with Crippen molar-refractivity contribution in [2.24, 2.45) is 0 Å². The molecule has 6 nitrogen and oxygen atoms in total. The van der Waals surface area contributed by atoms with Crippen molar-refractivity contribution >= 4 is 17.3 Å². The molecule has 94 valence electrons. The highest BCUT2D eigenvalue weighted by Gasteiger charge is 2.05. The number of pyridine rings is 1. The maximum absolute atomic E-state index is 11.8. The molecule has 2 aromatic rings. The Labute approximate surface area is 104 Å². The van der Waals surface area contributed by atoms with Crippen molar-refractivity contribution in [1.82, 2.24) is 20.0 Å². The van der Waals surface area contributed by atoms with Crippen molar-refractivity contribution in [3.05, 3.63) is 36.4 Å². The Kier molecular flexibility index (Phi) is 3.57. The molecule has 0 saturated heterocycles. The van der Waals surface area contributed by atoms with E-state index in [0.29, 0.717) is 18.7 Å². The Morgan fingerprint density at radius 1 is 1.33 bits per heavy atom. The Bertz CT molecular complexity index is 576. The van der Waals surface area contributed by atoms with Crippen LogP contribution >= 0.6 is 0 Å². The molecule has 2 aromatic heterocycles. The van der Waals surface area contributed by atoms with Crippen LogP contribution in [0.5, 0.6) is 0 Å². The number of aromatic nitrogens is 2. The summed E-state index contributed by atoms with van der Waals surface area (Å²) in [5.41, 5.74) is 1.44. The van der Waals surface area contributed by atoms with Crippen LogP contribution in [-0.2, 0) is 4.79 Å². The van der Waals surface area contributed by atoms with Crippen LogP contribution in [0, 0.1) is 0 Å². The van der Waals surface area contributed by atoms with Gasteiger partial charge in [-0.05, 0) is 12.1 Å². The van der Waals surface area contributed by atoms with Gasteiger partial charge in [-0.1, -0.05) is 0 Å². The van der Waals surface area contributed by atoms with E-state index >= 15 is 0 Å². The molecule has 2 heterocycles. The minimum Gasteiger partial charge on any atom is -0.355 e. The van der Waals surface area contributed by atoms with Crippen LogP contribution in [0.1, 0.15) is 17.3 Å². The summed E-state index contributed by atoms with van der Waals surface area (Å²) in [4.78, 5) is 26.4. The molecule has 0 radical (unpaired) electrons. The lowest BCUT2D eigenvalue weighted by Crippen LogP contribution is -2.33. The number of hydrogen-bond acceptors (Lipinski definition) is 3. The lowest BCUT2D eigenvalue weighted by molar-refractivity contribution is -0.118. The summed E-state index contributed by atoms with van der Waals surface area (Å²) < 4.78 is 1.83. The van der Waals surface area contributed by atoms with E-state index in [1.807, 2.05) is 4.40 Å².